The molecule has 0 aliphatic carbocycles. The topological polar surface area (TPSA) is 383 Å². The van der Waals surface area contributed by atoms with Crippen LogP contribution in [0, 0.1) is 29.6 Å². The Morgan fingerprint density at radius 3 is 1.32 bits per heavy atom. The predicted octanol–water partition coefficient (Wildman–Crippen LogP) is -1.87. The Labute approximate surface area is 404 Å². The zero-order valence-corrected chi connectivity index (χ0v) is 42.1. The number of rotatable bonds is 32. The molecule has 0 spiro atoms. The van der Waals surface area contributed by atoms with E-state index in [2.05, 4.69) is 47.9 Å². The molecule has 0 aromatic rings. The van der Waals surface area contributed by atoms with Gasteiger partial charge in [-0.05, 0) is 62.7 Å². The minimum atomic E-state index is -1.58. The highest BCUT2D eigenvalue weighted by Crippen LogP contribution is 2.13. The fraction of sp³-hybridized carbons (Fsp3) is 0.756. The Morgan fingerprint density at radius 1 is 0.478 bits per heavy atom. The second-order valence-corrected chi connectivity index (χ2v) is 18.7. The molecule has 0 heterocycles. The third kappa shape index (κ3) is 23.8. The molecule has 69 heavy (non-hydrogen) atoms. The third-order valence-electron chi connectivity index (χ3n) is 11.2. The van der Waals surface area contributed by atoms with Crippen LogP contribution < -0.4 is 53.6 Å². The first-order chi connectivity index (χ1) is 32.0. The molecule has 0 aliphatic rings. The van der Waals surface area contributed by atoms with Gasteiger partial charge in [0.25, 0.3) is 0 Å². The van der Waals surface area contributed by atoms with Crippen molar-refractivity contribution in [1.29, 1.82) is 0 Å². The second-order valence-electron chi connectivity index (χ2n) is 18.7. The number of amides is 9. The minimum absolute atomic E-state index is 0.0736. The van der Waals surface area contributed by atoms with Crippen molar-refractivity contribution in [3.8, 4) is 0 Å². The molecule has 0 aliphatic heterocycles. The Balaban J connectivity index is 5.84. The normalized spacial score (nSPS) is 16.1. The molecule has 9 amide bonds. The van der Waals surface area contributed by atoms with Crippen LogP contribution in [0.5, 0.6) is 0 Å². The van der Waals surface area contributed by atoms with Crippen molar-refractivity contribution in [2.24, 2.45) is 35.3 Å². The largest absolute Gasteiger partial charge is 0.481 e. The van der Waals surface area contributed by atoms with Gasteiger partial charge in [0.2, 0.25) is 53.2 Å². The van der Waals surface area contributed by atoms with Crippen LogP contribution in [0.3, 0.4) is 0 Å². The highest BCUT2D eigenvalue weighted by atomic mass is 16.4. The molecule has 0 fully saturated rings. The monoisotopic (exact) mass is 985 g/mol. The van der Waals surface area contributed by atoms with Gasteiger partial charge in [0, 0.05) is 6.42 Å². The first-order valence-electron chi connectivity index (χ1n) is 23.5. The molecule has 0 saturated heterocycles. The first-order valence-corrected chi connectivity index (χ1v) is 23.5. The van der Waals surface area contributed by atoms with Crippen molar-refractivity contribution in [3.63, 3.8) is 0 Å². The molecule has 394 valence electrons. The molecular weight excluding hydrogens is 905 g/mol. The summed E-state index contributed by atoms with van der Waals surface area (Å²) in [6.07, 6.45) is -0.952. The van der Waals surface area contributed by atoms with E-state index in [9.17, 15) is 63.0 Å². The van der Waals surface area contributed by atoms with E-state index in [-0.39, 0.29) is 37.5 Å². The maximum Gasteiger partial charge on any atom is 0.326 e. The van der Waals surface area contributed by atoms with E-state index in [0.717, 1.165) is 0 Å². The molecule has 14 N–H and O–H groups in total. The fourth-order valence-electron chi connectivity index (χ4n) is 6.60. The maximum atomic E-state index is 13.8. The molecule has 0 radical (unpaired) electrons. The molecule has 0 unspecified atom stereocenters. The SMILES string of the molecule is CC[C@H](C)[C@H](NC(=O)CNC(=O)[C@H](CC(C)C)NC(=O)[C@H](C)NC(=O)[C@@H](N)CCC(=O)O)C(=O)NCC(=O)N[C@H](C(=O)N[C@@H](CC(C)C)C(=O)N[C@H](C(=O)N[C@H](C(=O)O)C(C)C)[C@@H](C)O)[C@@H](C)CC. The van der Waals surface area contributed by atoms with E-state index in [4.69, 9.17) is 10.8 Å². The van der Waals surface area contributed by atoms with E-state index in [0.29, 0.717) is 12.8 Å². The van der Waals surface area contributed by atoms with Crippen LogP contribution in [0.4, 0.5) is 0 Å². The number of hydrogen-bond donors (Lipinski definition) is 13. The lowest BCUT2D eigenvalue weighted by Gasteiger charge is -2.29. The average molecular weight is 985 g/mol. The summed E-state index contributed by atoms with van der Waals surface area (Å²) < 4.78 is 0. The highest BCUT2D eigenvalue weighted by Gasteiger charge is 2.36. The Kier molecular flexibility index (Phi) is 28.6. The molecule has 0 saturated carbocycles. The van der Waals surface area contributed by atoms with Crippen LogP contribution >= 0.6 is 0 Å². The van der Waals surface area contributed by atoms with Crippen molar-refractivity contribution in [2.75, 3.05) is 13.1 Å². The highest BCUT2D eigenvalue weighted by molar-refractivity contribution is 5.97. The van der Waals surface area contributed by atoms with E-state index in [1.165, 1.54) is 13.8 Å². The summed E-state index contributed by atoms with van der Waals surface area (Å²) in [7, 11) is 0. The van der Waals surface area contributed by atoms with Gasteiger partial charge in [0.05, 0.1) is 25.2 Å². The van der Waals surface area contributed by atoms with Crippen molar-refractivity contribution in [2.45, 2.75) is 176 Å². The molecule has 0 aromatic carbocycles. The van der Waals surface area contributed by atoms with Crippen LogP contribution in [0.25, 0.3) is 0 Å². The predicted molar refractivity (Wildman–Crippen MR) is 252 cm³/mol. The number of carbonyl (C=O) groups excluding carboxylic acids is 9. The zero-order valence-electron chi connectivity index (χ0n) is 42.1. The van der Waals surface area contributed by atoms with Crippen LogP contribution in [-0.4, -0.2) is 148 Å². The standard InChI is InChI=1S/C45H80N10O14/c1-13-24(9)35(52-31(57)19-47-40(63)29(17-21(3)4)50-38(61)26(11)49-39(62)28(46)15-16-33(59)60)42(65)48-20-32(58)53-36(25(10)14-2)43(66)51-30(18-22(5)6)41(64)55-37(27(12)56)44(67)54-34(23(7)8)45(68)69/h21-30,34-37,56H,13-20,46H2,1-12H3,(H,47,63)(H,48,65)(H,49,62)(H,50,61)(H,51,66)(H,52,57)(H,53,58)(H,54,67)(H,55,64)(H,59,60)(H,68,69)/t24-,25-,26-,27+,28-,29-,30-,34-,35-,36-,37-/m0/s1. The minimum Gasteiger partial charge on any atom is -0.481 e. The van der Waals surface area contributed by atoms with E-state index < -0.39 is 150 Å². The van der Waals surface area contributed by atoms with Gasteiger partial charge in [0.15, 0.2) is 0 Å². The van der Waals surface area contributed by atoms with Gasteiger partial charge in [-0.15, -0.1) is 0 Å². The van der Waals surface area contributed by atoms with Crippen LogP contribution in [0.15, 0.2) is 0 Å². The van der Waals surface area contributed by atoms with Gasteiger partial charge < -0.3 is 68.9 Å². The maximum absolute atomic E-state index is 13.8. The summed E-state index contributed by atoms with van der Waals surface area (Å²) >= 11 is 0. The quantitative estimate of drug-likeness (QED) is 0.0351. The summed E-state index contributed by atoms with van der Waals surface area (Å²) in [6, 6.07) is -10.0. The number of nitrogens with one attached hydrogen (secondary N) is 9. The molecule has 11 atom stereocenters. The second kappa shape index (κ2) is 31.3. The summed E-state index contributed by atoms with van der Waals surface area (Å²) in [5.41, 5.74) is 5.72. The van der Waals surface area contributed by atoms with Crippen molar-refractivity contribution < 1.29 is 68.1 Å². The lowest BCUT2D eigenvalue weighted by molar-refractivity contribution is -0.144. The number of carbonyl (C=O) groups is 11. The molecule has 24 nitrogen and oxygen atoms in total. The van der Waals surface area contributed by atoms with Crippen LogP contribution in [0.1, 0.15) is 122 Å². The number of aliphatic carboxylic acids is 2. The zero-order chi connectivity index (χ0) is 53.5. The summed E-state index contributed by atoms with van der Waals surface area (Å²) in [6.45, 7) is 18.5. The van der Waals surface area contributed by atoms with Gasteiger partial charge in [0.1, 0.15) is 42.3 Å². The van der Waals surface area contributed by atoms with Gasteiger partial charge in [-0.1, -0.05) is 82.1 Å². The van der Waals surface area contributed by atoms with Crippen molar-refractivity contribution in [3.05, 3.63) is 0 Å². The lowest BCUT2D eigenvalue weighted by Crippen LogP contribution is -2.61. The van der Waals surface area contributed by atoms with E-state index in [1.54, 1.807) is 69.2 Å². The van der Waals surface area contributed by atoms with Crippen LogP contribution in [0.2, 0.25) is 0 Å². The lowest BCUT2D eigenvalue weighted by atomic mass is 9.96. The number of hydrogen-bond acceptors (Lipinski definition) is 13. The molecule has 0 rings (SSSR count). The first kappa shape index (κ1) is 63.1. The molecule has 0 aromatic heterocycles. The third-order valence-corrected chi connectivity index (χ3v) is 11.2. The van der Waals surface area contributed by atoms with Gasteiger partial charge in [-0.25, -0.2) is 4.79 Å². The van der Waals surface area contributed by atoms with Gasteiger partial charge in [-0.3, -0.25) is 47.9 Å². The smallest absolute Gasteiger partial charge is 0.326 e. The Hall–Kier alpha value is -5.91. The fourth-order valence-corrected chi connectivity index (χ4v) is 6.60. The summed E-state index contributed by atoms with van der Waals surface area (Å²) in [4.78, 5) is 141. The van der Waals surface area contributed by atoms with Crippen molar-refractivity contribution in [1.82, 2.24) is 47.9 Å². The Bertz CT molecular complexity index is 1780. The van der Waals surface area contributed by atoms with Crippen LogP contribution in [-0.2, 0) is 52.7 Å². The molecule has 0 bridgehead atoms. The number of aliphatic hydroxyl groups is 1. The van der Waals surface area contributed by atoms with E-state index >= 15 is 0 Å². The van der Waals surface area contributed by atoms with Crippen molar-refractivity contribution >= 4 is 65.1 Å². The number of carboxylic acids is 2. The van der Waals surface area contributed by atoms with Gasteiger partial charge >= 0.3 is 11.9 Å². The van der Waals surface area contributed by atoms with Gasteiger partial charge in [-0.2, -0.15) is 0 Å². The molecule has 24 heteroatoms. The number of carboxylic acid groups (broad SMARTS) is 2. The number of aliphatic hydroxyl groups excluding tert-OH is 1. The summed E-state index contributed by atoms with van der Waals surface area (Å²) in [5.74, 6) is -11.3. The summed E-state index contributed by atoms with van der Waals surface area (Å²) in [5, 5.41) is 51.1. The van der Waals surface area contributed by atoms with E-state index in [1.807, 2.05) is 0 Å². The average Bonchev–Trinajstić information content (AvgIpc) is 3.26. The Morgan fingerprint density at radius 2 is 0.899 bits per heavy atom. The molecular formula is C45H80N10O14. The number of nitrogens with two attached hydrogens (primary N) is 1.